The van der Waals surface area contributed by atoms with E-state index < -0.39 is 6.09 Å². The Morgan fingerprint density at radius 3 is 2.33 bits per heavy atom. The summed E-state index contributed by atoms with van der Waals surface area (Å²) in [6.45, 7) is 0. The second-order valence-corrected chi connectivity index (χ2v) is 4.91. The van der Waals surface area contributed by atoms with Gasteiger partial charge in [-0.05, 0) is 23.8 Å². The topological polar surface area (TPSA) is 115 Å². The zero-order valence-electron chi connectivity index (χ0n) is 12.4. The molecule has 0 aliphatic heterocycles. The van der Waals surface area contributed by atoms with E-state index in [1.807, 2.05) is 24.3 Å². The number of aromatic nitrogens is 1. The van der Waals surface area contributed by atoms with Gasteiger partial charge >= 0.3 is 6.09 Å². The Labute approximate surface area is 150 Å². The summed E-state index contributed by atoms with van der Waals surface area (Å²) >= 11 is 0. The van der Waals surface area contributed by atoms with Gasteiger partial charge in [0.05, 0.1) is 0 Å². The third-order valence-corrected chi connectivity index (χ3v) is 3.38. The van der Waals surface area contributed by atoms with E-state index in [2.05, 4.69) is 10.3 Å². The van der Waals surface area contributed by atoms with Gasteiger partial charge in [0.2, 0.25) is 0 Å². The molecule has 0 saturated heterocycles. The summed E-state index contributed by atoms with van der Waals surface area (Å²) in [7, 11) is 0. The molecule has 0 fully saturated rings. The molecule has 0 aliphatic carbocycles. The number of rotatable bonds is 3. The molecule has 0 aliphatic rings. The van der Waals surface area contributed by atoms with Crippen LogP contribution in [0.3, 0.4) is 0 Å². The quantitative estimate of drug-likeness (QED) is 0.355. The number of anilines is 1. The smallest absolute Gasteiger partial charge is 0.409 e. The van der Waals surface area contributed by atoms with Crippen molar-refractivity contribution in [1.82, 2.24) is 4.98 Å². The fourth-order valence-electron chi connectivity index (χ4n) is 2.31. The fourth-order valence-corrected chi connectivity index (χ4v) is 2.31. The first-order valence-corrected chi connectivity index (χ1v) is 6.60. The number of carbonyl (C=O) groups is 1. The number of aromatic amines is 1. The van der Waals surface area contributed by atoms with Gasteiger partial charge in [-0.25, -0.2) is 4.79 Å². The SMILES string of the molecule is Cl.Cl.N=C(N)c1ccc(-c2cc3ccc(NC(=O)O)cc3[nH]2)cc1. The van der Waals surface area contributed by atoms with Crippen LogP contribution in [-0.2, 0) is 0 Å². The number of hydrogen-bond acceptors (Lipinski definition) is 2. The highest BCUT2D eigenvalue weighted by Crippen LogP contribution is 2.26. The van der Waals surface area contributed by atoms with Crippen LogP contribution in [0.15, 0.2) is 48.5 Å². The average Bonchev–Trinajstić information content (AvgIpc) is 2.90. The lowest BCUT2D eigenvalue weighted by Crippen LogP contribution is -2.10. The Kier molecular flexibility index (Phi) is 6.22. The van der Waals surface area contributed by atoms with E-state index >= 15 is 0 Å². The number of H-pyrrole nitrogens is 1. The Bertz CT molecular complexity index is 875. The first kappa shape index (κ1) is 19.3. The number of nitrogens with two attached hydrogens (primary N) is 1. The molecule has 8 heteroatoms. The molecule has 0 saturated carbocycles. The van der Waals surface area contributed by atoms with E-state index in [-0.39, 0.29) is 30.6 Å². The van der Waals surface area contributed by atoms with Crippen molar-refractivity contribution in [3.05, 3.63) is 54.1 Å². The third-order valence-electron chi connectivity index (χ3n) is 3.38. The van der Waals surface area contributed by atoms with Gasteiger partial charge in [-0.3, -0.25) is 10.7 Å². The summed E-state index contributed by atoms with van der Waals surface area (Å²) in [5.41, 5.74) is 9.35. The summed E-state index contributed by atoms with van der Waals surface area (Å²) < 4.78 is 0. The number of nitrogens with one attached hydrogen (secondary N) is 3. The summed E-state index contributed by atoms with van der Waals surface area (Å²) in [5, 5.41) is 19.4. The number of amidine groups is 1. The molecule has 3 aromatic rings. The molecule has 0 spiro atoms. The van der Waals surface area contributed by atoms with E-state index in [0.717, 1.165) is 22.2 Å². The number of carboxylic acid groups (broad SMARTS) is 1. The van der Waals surface area contributed by atoms with Crippen molar-refractivity contribution in [2.75, 3.05) is 5.32 Å². The zero-order chi connectivity index (χ0) is 15.7. The van der Waals surface area contributed by atoms with E-state index in [9.17, 15) is 4.79 Å². The highest BCUT2D eigenvalue weighted by Gasteiger charge is 2.06. The molecule has 6 nitrogen and oxygen atoms in total. The van der Waals surface area contributed by atoms with Gasteiger partial charge in [-0.2, -0.15) is 0 Å². The number of fused-ring (bicyclic) bond motifs is 1. The van der Waals surface area contributed by atoms with Crippen LogP contribution in [0.4, 0.5) is 10.5 Å². The van der Waals surface area contributed by atoms with E-state index in [1.165, 1.54) is 0 Å². The molecule has 1 amide bonds. The standard InChI is InChI=1S/C16H14N4O2.2ClH/c17-15(18)10-3-1-9(2-4-10)13-7-11-5-6-12(19-16(21)22)8-14(11)20-13;;/h1-8,19-20H,(H3,17,18)(H,21,22);2*1H. The molecule has 0 unspecified atom stereocenters. The monoisotopic (exact) mass is 366 g/mol. The van der Waals surface area contributed by atoms with Gasteiger partial charge in [0.25, 0.3) is 0 Å². The molecular formula is C16H16Cl2N4O2. The van der Waals surface area contributed by atoms with Crippen molar-refractivity contribution in [2.24, 2.45) is 5.73 Å². The minimum Gasteiger partial charge on any atom is -0.465 e. The Balaban J connectivity index is 0.00000144. The molecule has 3 rings (SSSR count). The largest absolute Gasteiger partial charge is 0.465 e. The summed E-state index contributed by atoms with van der Waals surface area (Å²) in [6.07, 6.45) is -1.09. The molecule has 0 bridgehead atoms. The molecule has 24 heavy (non-hydrogen) atoms. The predicted molar refractivity (Wildman–Crippen MR) is 101 cm³/mol. The number of halogens is 2. The van der Waals surface area contributed by atoms with E-state index in [0.29, 0.717) is 11.3 Å². The molecule has 126 valence electrons. The lowest BCUT2D eigenvalue weighted by atomic mass is 10.1. The van der Waals surface area contributed by atoms with Gasteiger partial charge < -0.3 is 15.8 Å². The minimum absolute atomic E-state index is 0. The minimum atomic E-state index is -1.09. The molecule has 6 N–H and O–H groups in total. The second-order valence-electron chi connectivity index (χ2n) is 4.91. The number of amides is 1. The Morgan fingerprint density at radius 2 is 1.75 bits per heavy atom. The second kappa shape index (κ2) is 7.72. The van der Waals surface area contributed by atoms with Gasteiger partial charge in [-0.1, -0.05) is 30.3 Å². The van der Waals surface area contributed by atoms with E-state index in [1.54, 1.807) is 24.3 Å². The van der Waals surface area contributed by atoms with Crippen LogP contribution in [0, 0.1) is 5.41 Å². The predicted octanol–water partition coefficient (Wildman–Crippen LogP) is 4.05. The van der Waals surface area contributed by atoms with Crippen LogP contribution < -0.4 is 11.1 Å². The number of nitrogen functional groups attached to an aromatic ring is 1. The normalized spacial score (nSPS) is 9.67. The van der Waals surface area contributed by atoms with Crippen LogP contribution in [0.1, 0.15) is 5.56 Å². The maximum absolute atomic E-state index is 10.7. The molecule has 1 heterocycles. The lowest BCUT2D eigenvalue weighted by molar-refractivity contribution is 0.210. The van der Waals surface area contributed by atoms with Crippen molar-refractivity contribution >= 4 is 53.3 Å². The summed E-state index contributed by atoms with van der Waals surface area (Å²) in [5.74, 6) is 0.0348. The van der Waals surface area contributed by atoms with Crippen molar-refractivity contribution in [3.8, 4) is 11.3 Å². The van der Waals surface area contributed by atoms with Crippen molar-refractivity contribution in [3.63, 3.8) is 0 Å². The van der Waals surface area contributed by atoms with Gasteiger partial charge in [-0.15, -0.1) is 24.8 Å². The van der Waals surface area contributed by atoms with Crippen LogP contribution in [0.5, 0.6) is 0 Å². The molecular weight excluding hydrogens is 351 g/mol. The highest BCUT2D eigenvalue weighted by molar-refractivity contribution is 5.96. The van der Waals surface area contributed by atoms with E-state index in [4.69, 9.17) is 16.2 Å². The zero-order valence-corrected chi connectivity index (χ0v) is 14.0. The molecule has 2 aromatic carbocycles. The first-order chi connectivity index (χ1) is 10.5. The summed E-state index contributed by atoms with van der Waals surface area (Å²) in [6, 6.07) is 14.7. The average molecular weight is 367 g/mol. The third kappa shape index (κ3) is 3.98. The van der Waals surface area contributed by atoms with Crippen molar-refractivity contribution in [1.29, 1.82) is 5.41 Å². The van der Waals surface area contributed by atoms with Crippen molar-refractivity contribution < 1.29 is 9.90 Å². The fraction of sp³-hybridized carbons (Fsp3) is 0. The molecule has 0 atom stereocenters. The maximum atomic E-state index is 10.7. The highest BCUT2D eigenvalue weighted by atomic mass is 35.5. The lowest BCUT2D eigenvalue weighted by Gasteiger charge is -2.01. The number of hydrogen-bond donors (Lipinski definition) is 5. The molecule has 0 radical (unpaired) electrons. The van der Waals surface area contributed by atoms with Gasteiger partial charge in [0.1, 0.15) is 5.84 Å². The van der Waals surface area contributed by atoms with Gasteiger partial charge in [0, 0.05) is 27.8 Å². The van der Waals surface area contributed by atoms with Crippen LogP contribution in [0.2, 0.25) is 0 Å². The number of benzene rings is 2. The van der Waals surface area contributed by atoms with Gasteiger partial charge in [0.15, 0.2) is 0 Å². The van der Waals surface area contributed by atoms with Crippen molar-refractivity contribution in [2.45, 2.75) is 0 Å². The Morgan fingerprint density at radius 1 is 1.08 bits per heavy atom. The first-order valence-electron chi connectivity index (χ1n) is 6.60. The molecule has 1 aromatic heterocycles. The van der Waals surface area contributed by atoms with Crippen LogP contribution in [-0.4, -0.2) is 22.0 Å². The van der Waals surface area contributed by atoms with Crippen LogP contribution in [0.25, 0.3) is 22.2 Å². The maximum Gasteiger partial charge on any atom is 0.409 e. The summed E-state index contributed by atoms with van der Waals surface area (Å²) in [4.78, 5) is 13.9. The Hall–Kier alpha value is -2.70. The van der Waals surface area contributed by atoms with Crippen LogP contribution >= 0.6 is 24.8 Å².